The van der Waals surface area contributed by atoms with Gasteiger partial charge in [-0.1, -0.05) is 12.6 Å². The van der Waals surface area contributed by atoms with E-state index in [0.29, 0.717) is 17.8 Å². The SMILES string of the molecule is C=CC(=O)Nc1cccc(C(=O)N2CC3(CCSCC3)CC2CO)c1. The molecular weight excluding hydrogens is 336 g/mol. The van der Waals surface area contributed by atoms with Gasteiger partial charge in [-0.2, -0.15) is 11.8 Å². The number of likely N-dealkylation sites (tertiary alicyclic amines) is 1. The molecule has 2 aliphatic rings. The van der Waals surface area contributed by atoms with Crippen molar-refractivity contribution in [3.63, 3.8) is 0 Å². The average molecular weight is 360 g/mol. The van der Waals surface area contributed by atoms with Crippen LogP contribution in [0.2, 0.25) is 0 Å². The van der Waals surface area contributed by atoms with Gasteiger partial charge in [0, 0.05) is 17.8 Å². The van der Waals surface area contributed by atoms with Crippen molar-refractivity contribution in [1.82, 2.24) is 4.90 Å². The third kappa shape index (κ3) is 3.90. The number of benzene rings is 1. The topological polar surface area (TPSA) is 69.6 Å². The van der Waals surface area contributed by atoms with Crippen LogP contribution in [0.5, 0.6) is 0 Å². The van der Waals surface area contributed by atoms with Crippen LogP contribution in [0.3, 0.4) is 0 Å². The molecule has 0 aliphatic carbocycles. The maximum atomic E-state index is 13.0. The van der Waals surface area contributed by atoms with Crippen molar-refractivity contribution in [3.05, 3.63) is 42.5 Å². The summed E-state index contributed by atoms with van der Waals surface area (Å²) in [6, 6.07) is 6.80. The number of anilines is 1. The van der Waals surface area contributed by atoms with Crippen molar-refractivity contribution < 1.29 is 14.7 Å². The molecule has 1 atom stereocenters. The summed E-state index contributed by atoms with van der Waals surface area (Å²) in [5.74, 6) is 1.87. The normalized spacial score (nSPS) is 22.0. The van der Waals surface area contributed by atoms with Crippen molar-refractivity contribution in [1.29, 1.82) is 0 Å². The number of thioether (sulfide) groups is 1. The number of nitrogens with zero attached hydrogens (tertiary/aromatic N) is 1. The fraction of sp³-hybridized carbons (Fsp3) is 0.474. The maximum absolute atomic E-state index is 13.0. The Hall–Kier alpha value is -1.79. The molecule has 2 fully saturated rings. The molecule has 0 aromatic heterocycles. The van der Waals surface area contributed by atoms with Gasteiger partial charge in [0.15, 0.2) is 0 Å². The molecule has 6 heteroatoms. The summed E-state index contributed by atoms with van der Waals surface area (Å²) in [4.78, 5) is 26.3. The van der Waals surface area contributed by atoms with Gasteiger partial charge in [0.25, 0.3) is 5.91 Å². The van der Waals surface area contributed by atoms with Crippen molar-refractivity contribution in [2.45, 2.75) is 25.3 Å². The molecule has 25 heavy (non-hydrogen) atoms. The van der Waals surface area contributed by atoms with E-state index in [-0.39, 0.29) is 29.9 Å². The van der Waals surface area contributed by atoms with Gasteiger partial charge in [0.1, 0.15) is 0 Å². The van der Waals surface area contributed by atoms with Crippen LogP contribution in [0.1, 0.15) is 29.6 Å². The molecule has 1 spiro atoms. The molecule has 3 rings (SSSR count). The maximum Gasteiger partial charge on any atom is 0.254 e. The van der Waals surface area contributed by atoms with E-state index < -0.39 is 0 Å². The number of hydrogen-bond acceptors (Lipinski definition) is 4. The molecule has 1 aromatic carbocycles. The molecule has 5 nitrogen and oxygen atoms in total. The van der Waals surface area contributed by atoms with Crippen molar-refractivity contribution in [3.8, 4) is 0 Å². The highest BCUT2D eigenvalue weighted by molar-refractivity contribution is 7.99. The van der Waals surface area contributed by atoms with E-state index in [2.05, 4.69) is 11.9 Å². The van der Waals surface area contributed by atoms with Gasteiger partial charge < -0.3 is 15.3 Å². The Morgan fingerprint density at radius 3 is 2.84 bits per heavy atom. The van der Waals surface area contributed by atoms with E-state index >= 15 is 0 Å². The summed E-state index contributed by atoms with van der Waals surface area (Å²) in [5, 5.41) is 12.5. The second-order valence-electron chi connectivity index (χ2n) is 6.86. The Bertz CT molecular complexity index is 670. The Labute approximate surface area is 152 Å². The minimum atomic E-state index is -0.308. The lowest BCUT2D eigenvalue weighted by atomic mass is 9.80. The molecule has 0 bridgehead atoms. The predicted octanol–water partition coefficient (Wildman–Crippen LogP) is 2.53. The van der Waals surface area contributed by atoms with Crippen molar-refractivity contribution >= 4 is 29.3 Å². The first-order valence-electron chi connectivity index (χ1n) is 8.60. The van der Waals surface area contributed by atoms with Crippen molar-refractivity contribution in [2.24, 2.45) is 5.41 Å². The van der Waals surface area contributed by atoms with Gasteiger partial charge in [-0.3, -0.25) is 9.59 Å². The average Bonchev–Trinajstić information content (AvgIpc) is 2.99. The third-order valence-corrected chi connectivity index (χ3v) is 6.19. The summed E-state index contributed by atoms with van der Waals surface area (Å²) in [6.45, 7) is 4.13. The Morgan fingerprint density at radius 1 is 1.40 bits per heavy atom. The second kappa shape index (κ2) is 7.62. The van der Waals surface area contributed by atoms with Gasteiger partial charge in [-0.05, 0) is 60.5 Å². The van der Waals surface area contributed by atoms with E-state index in [1.54, 1.807) is 24.3 Å². The molecular formula is C19H24N2O3S. The number of hydrogen-bond donors (Lipinski definition) is 2. The first-order valence-corrected chi connectivity index (χ1v) is 9.75. The number of aliphatic hydroxyl groups is 1. The van der Waals surface area contributed by atoms with E-state index in [4.69, 9.17) is 0 Å². The highest BCUT2D eigenvalue weighted by Gasteiger charge is 2.46. The lowest BCUT2D eigenvalue weighted by Crippen LogP contribution is -2.38. The van der Waals surface area contributed by atoms with Crippen LogP contribution in [0.25, 0.3) is 0 Å². The monoisotopic (exact) mass is 360 g/mol. The highest BCUT2D eigenvalue weighted by atomic mass is 32.2. The van der Waals surface area contributed by atoms with E-state index in [1.165, 1.54) is 6.08 Å². The molecule has 2 heterocycles. The molecule has 134 valence electrons. The molecule has 1 unspecified atom stereocenters. The van der Waals surface area contributed by atoms with Crippen molar-refractivity contribution in [2.75, 3.05) is 30.0 Å². The summed E-state index contributed by atoms with van der Waals surface area (Å²) in [6.07, 6.45) is 4.28. The lowest BCUT2D eigenvalue weighted by molar-refractivity contribution is -0.111. The fourth-order valence-corrected chi connectivity index (χ4v) is 5.18. The fourth-order valence-electron chi connectivity index (χ4n) is 3.82. The van der Waals surface area contributed by atoms with Crippen LogP contribution in [0.4, 0.5) is 5.69 Å². The van der Waals surface area contributed by atoms with E-state index in [9.17, 15) is 14.7 Å². The van der Waals surface area contributed by atoms with Crippen LogP contribution >= 0.6 is 11.8 Å². The lowest BCUT2D eigenvalue weighted by Gasteiger charge is -2.32. The molecule has 2 amide bonds. The number of rotatable bonds is 4. The smallest absolute Gasteiger partial charge is 0.254 e. The number of carbonyl (C=O) groups is 2. The zero-order chi connectivity index (χ0) is 17.9. The van der Waals surface area contributed by atoms with Gasteiger partial charge in [-0.25, -0.2) is 0 Å². The third-order valence-electron chi connectivity index (χ3n) is 5.20. The minimum Gasteiger partial charge on any atom is -0.394 e. The van der Waals surface area contributed by atoms with Gasteiger partial charge >= 0.3 is 0 Å². The van der Waals surface area contributed by atoms with Crippen LogP contribution in [-0.4, -0.2) is 52.5 Å². The predicted molar refractivity (Wildman–Crippen MR) is 101 cm³/mol. The zero-order valence-corrected chi connectivity index (χ0v) is 15.1. The largest absolute Gasteiger partial charge is 0.394 e. The van der Waals surface area contributed by atoms with Gasteiger partial charge in [-0.15, -0.1) is 0 Å². The zero-order valence-electron chi connectivity index (χ0n) is 14.2. The molecule has 2 aliphatic heterocycles. The van der Waals surface area contributed by atoms with E-state index in [1.807, 2.05) is 16.7 Å². The van der Waals surface area contributed by atoms with Crippen LogP contribution in [0.15, 0.2) is 36.9 Å². The van der Waals surface area contributed by atoms with Gasteiger partial charge in [0.2, 0.25) is 5.91 Å². The van der Waals surface area contributed by atoms with Crippen LogP contribution < -0.4 is 5.32 Å². The van der Waals surface area contributed by atoms with Gasteiger partial charge in [0.05, 0.1) is 12.6 Å². The summed E-state index contributed by atoms with van der Waals surface area (Å²) in [7, 11) is 0. The molecule has 2 saturated heterocycles. The quantitative estimate of drug-likeness (QED) is 0.810. The Balaban J connectivity index is 1.78. The first-order chi connectivity index (χ1) is 12.1. The number of carbonyl (C=O) groups excluding carboxylic acids is 2. The van der Waals surface area contributed by atoms with E-state index in [0.717, 1.165) is 30.8 Å². The van der Waals surface area contributed by atoms with Crippen LogP contribution in [-0.2, 0) is 4.79 Å². The Morgan fingerprint density at radius 2 is 2.16 bits per heavy atom. The number of nitrogens with one attached hydrogen (secondary N) is 1. The standard InChI is InChI=1S/C19H24N2O3S/c1-2-17(23)20-15-5-3-4-14(10-15)18(24)21-13-19(11-16(21)12-22)6-8-25-9-7-19/h2-5,10,16,22H,1,6-9,11-13H2,(H,20,23). The molecule has 0 radical (unpaired) electrons. The molecule has 0 saturated carbocycles. The number of aliphatic hydroxyl groups excluding tert-OH is 1. The summed E-state index contributed by atoms with van der Waals surface area (Å²) >= 11 is 1.97. The van der Waals surface area contributed by atoms with Crippen LogP contribution in [0, 0.1) is 5.41 Å². The second-order valence-corrected chi connectivity index (χ2v) is 8.08. The summed E-state index contributed by atoms with van der Waals surface area (Å²) < 4.78 is 0. The number of amides is 2. The molecule has 1 aromatic rings. The highest BCUT2D eigenvalue weighted by Crippen LogP contribution is 2.45. The molecule has 2 N–H and O–H groups in total. The summed E-state index contributed by atoms with van der Waals surface area (Å²) in [5.41, 5.74) is 1.25. The minimum absolute atomic E-state index is 0.00642. The first kappa shape index (κ1) is 18.0. The Kier molecular flexibility index (Phi) is 5.49.